The second kappa shape index (κ2) is 9.89. The van der Waals surface area contributed by atoms with Crippen molar-refractivity contribution in [2.75, 3.05) is 20.9 Å². The van der Waals surface area contributed by atoms with Crippen LogP contribution in [0.1, 0.15) is 101 Å². The van der Waals surface area contributed by atoms with Crippen LogP contribution in [0, 0.1) is 0 Å². The molecule has 1 unspecified atom stereocenters. The summed E-state index contributed by atoms with van der Waals surface area (Å²) in [7, 11) is 4.34. The number of carbonyl (C=O) groups excluding carboxylic acids is 1. The molecule has 6 heteroatoms. The average molecular weight is 455 g/mol. The zero-order valence-electron chi connectivity index (χ0n) is 22.7. The lowest BCUT2D eigenvalue weighted by molar-refractivity contribution is -0.191. The molecular weight excluding hydrogens is 404 g/mol. The van der Waals surface area contributed by atoms with Crippen molar-refractivity contribution < 1.29 is 19.0 Å². The van der Waals surface area contributed by atoms with E-state index >= 15 is 0 Å². The van der Waals surface area contributed by atoms with E-state index in [1.807, 2.05) is 0 Å². The molecule has 2 aliphatic heterocycles. The van der Waals surface area contributed by atoms with Gasteiger partial charge in [-0.3, -0.25) is 9.80 Å². The van der Waals surface area contributed by atoms with Crippen LogP contribution in [0.4, 0.5) is 0 Å². The number of hydrogen-bond donors (Lipinski definition) is 0. The molecule has 0 radical (unpaired) electrons. The molecule has 0 saturated carbocycles. The Balaban J connectivity index is 1.93. The largest absolute Gasteiger partial charge is 0.460 e. The van der Waals surface area contributed by atoms with Crippen molar-refractivity contribution in [3.63, 3.8) is 0 Å². The topological polar surface area (TPSA) is 51.2 Å². The van der Waals surface area contributed by atoms with Gasteiger partial charge in [-0.15, -0.1) is 0 Å². The van der Waals surface area contributed by atoms with E-state index in [1.54, 1.807) is 0 Å². The minimum atomic E-state index is -0.571. The molecule has 0 aliphatic carbocycles. The van der Waals surface area contributed by atoms with E-state index in [1.165, 1.54) is 0 Å². The van der Waals surface area contributed by atoms with Crippen LogP contribution < -0.4 is 0 Å². The highest BCUT2D eigenvalue weighted by molar-refractivity contribution is 5.74. The lowest BCUT2D eigenvalue weighted by Gasteiger charge is -2.53. The fourth-order valence-corrected chi connectivity index (χ4v) is 5.75. The van der Waals surface area contributed by atoms with Gasteiger partial charge in [0.1, 0.15) is 12.9 Å². The Labute approximate surface area is 197 Å². The summed E-state index contributed by atoms with van der Waals surface area (Å²) in [5, 5.41) is 0. The van der Waals surface area contributed by atoms with E-state index in [0.717, 1.165) is 32.1 Å². The molecule has 2 fully saturated rings. The minimum Gasteiger partial charge on any atom is -0.460 e. The number of rotatable bonds is 8. The van der Waals surface area contributed by atoms with Gasteiger partial charge in [-0.25, -0.2) is 4.79 Å². The zero-order valence-corrected chi connectivity index (χ0v) is 22.7. The van der Waals surface area contributed by atoms with Crippen LogP contribution in [0.25, 0.3) is 0 Å². The number of piperidine rings is 2. The van der Waals surface area contributed by atoms with E-state index in [2.05, 4.69) is 86.2 Å². The molecule has 2 rings (SSSR count). The van der Waals surface area contributed by atoms with Gasteiger partial charge >= 0.3 is 5.97 Å². The molecule has 0 N–H and O–H groups in total. The van der Waals surface area contributed by atoms with Crippen LogP contribution in [0.2, 0.25) is 0 Å². The third-order valence-corrected chi connectivity index (χ3v) is 8.21. The molecule has 1 atom stereocenters. The standard InChI is InChI=1S/C26H50N2O4/c1-12-13-21(22(29)32-20-16-25(6,7)28(11)26(8,9)17-20)31-18-30-19-14-23(2,3)27(10)24(4,5)15-19/h19-21H,12-18H2,1-11H3. The maximum Gasteiger partial charge on any atom is 0.335 e. The fourth-order valence-electron chi connectivity index (χ4n) is 5.75. The highest BCUT2D eigenvalue weighted by Gasteiger charge is 2.45. The summed E-state index contributed by atoms with van der Waals surface area (Å²) in [6.45, 7) is 20.1. The predicted molar refractivity (Wildman–Crippen MR) is 130 cm³/mol. The molecule has 32 heavy (non-hydrogen) atoms. The van der Waals surface area contributed by atoms with Gasteiger partial charge in [0, 0.05) is 35.0 Å². The summed E-state index contributed by atoms with van der Waals surface area (Å²) < 4.78 is 18.1. The van der Waals surface area contributed by atoms with Crippen LogP contribution in [0.15, 0.2) is 0 Å². The number of nitrogens with zero attached hydrogens (tertiary/aromatic N) is 2. The van der Waals surface area contributed by atoms with E-state index in [4.69, 9.17) is 14.2 Å². The van der Waals surface area contributed by atoms with Crippen molar-refractivity contribution >= 4 is 5.97 Å². The lowest BCUT2D eigenvalue weighted by Crippen LogP contribution is -2.60. The maximum absolute atomic E-state index is 13.0. The molecule has 2 heterocycles. The quantitative estimate of drug-likeness (QED) is 0.380. The number of likely N-dealkylation sites (tertiary alicyclic amines) is 2. The van der Waals surface area contributed by atoms with Gasteiger partial charge in [-0.1, -0.05) is 13.3 Å². The maximum atomic E-state index is 13.0. The van der Waals surface area contributed by atoms with Crippen molar-refractivity contribution in [2.24, 2.45) is 0 Å². The Morgan fingerprint density at radius 2 is 1.22 bits per heavy atom. The highest BCUT2D eigenvalue weighted by atomic mass is 16.7. The van der Waals surface area contributed by atoms with Gasteiger partial charge in [0.05, 0.1) is 6.10 Å². The highest BCUT2D eigenvalue weighted by Crippen LogP contribution is 2.39. The van der Waals surface area contributed by atoms with Crippen LogP contribution in [0.5, 0.6) is 0 Å². The molecular formula is C26H50N2O4. The van der Waals surface area contributed by atoms with E-state index in [-0.39, 0.29) is 47.1 Å². The molecule has 0 aromatic heterocycles. The van der Waals surface area contributed by atoms with Crippen LogP contribution in [0.3, 0.4) is 0 Å². The third-order valence-electron chi connectivity index (χ3n) is 8.21. The zero-order chi connectivity index (χ0) is 24.5. The monoisotopic (exact) mass is 454 g/mol. The Morgan fingerprint density at radius 1 is 0.812 bits per heavy atom. The molecule has 2 saturated heterocycles. The second-order valence-corrected chi connectivity index (χ2v) is 12.6. The van der Waals surface area contributed by atoms with Crippen molar-refractivity contribution in [3.05, 3.63) is 0 Å². The number of esters is 1. The second-order valence-electron chi connectivity index (χ2n) is 12.6. The Kier molecular flexibility index (Phi) is 8.52. The first-order chi connectivity index (χ1) is 14.5. The van der Waals surface area contributed by atoms with Gasteiger partial charge in [-0.05, 0) is 88.7 Å². The van der Waals surface area contributed by atoms with Gasteiger partial charge < -0.3 is 14.2 Å². The summed E-state index contributed by atoms with van der Waals surface area (Å²) in [4.78, 5) is 17.8. The smallest absolute Gasteiger partial charge is 0.335 e. The van der Waals surface area contributed by atoms with Crippen molar-refractivity contribution in [1.29, 1.82) is 0 Å². The number of ether oxygens (including phenoxy) is 3. The van der Waals surface area contributed by atoms with Crippen LogP contribution in [-0.2, 0) is 19.0 Å². The molecule has 0 bridgehead atoms. The van der Waals surface area contributed by atoms with Crippen molar-refractivity contribution in [2.45, 2.75) is 141 Å². The molecule has 2 aliphatic rings. The summed E-state index contributed by atoms with van der Waals surface area (Å²) in [5.41, 5.74) is 0.0686. The van der Waals surface area contributed by atoms with E-state index < -0.39 is 6.10 Å². The Morgan fingerprint density at radius 3 is 1.62 bits per heavy atom. The molecule has 0 aromatic carbocycles. The Hall–Kier alpha value is -0.690. The fraction of sp³-hybridized carbons (Fsp3) is 0.962. The Bertz CT molecular complexity index is 608. The van der Waals surface area contributed by atoms with Gasteiger partial charge in [0.15, 0.2) is 6.10 Å². The normalized spacial score (nSPS) is 27.2. The SMILES string of the molecule is CCCC(OCOC1CC(C)(C)N(C)C(C)(C)C1)C(=O)OC1CC(C)(C)N(C)C(C)(C)C1. The summed E-state index contributed by atoms with van der Waals surface area (Å²) in [6.07, 6.45) is 4.50. The molecule has 0 amide bonds. The summed E-state index contributed by atoms with van der Waals surface area (Å²) >= 11 is 0. The number of carbonyl (C=O) groups is 1. The average Bonchev–Trinajstić information content (AvgIpc) is 2.62. The first kappa shape index (κ1) is 27.6. The summed E-state index contributed by atoms with van der Waals surface area (Å²) in [6, 6.07) is 0. The van der Waals surface area contributed by atoms with E-state index in [9.17, 15) is 4.79 Å². The number of hydrogen-bond acceptors (Lipinski definition) is 6. The minimum absolute atomic E-state index is 0.0231. The molecule has 0 aromatic rings. The molecule has 188 valence electrons. The van der Waals surface area contributed by atoms with Gasteiger partial charge in [-0.2, -0.15) is 0 Å². The predicted octanol–water partition coefficient (Wildman–Crippen LogP) is 4.99. The van der Waals surface area contributed by atoms with Gasteiger partial charge in [0.25, 0.3) is 0 Å². The first-order valence-electron chi connectivity index (χ1n) is 12.4. The third kappa shape index (κ3) is 6.46. The molecule has 0 spiro atoms. The van der Waals surface area contributed by atoms with Gasteiger partial charge in [0.2, 0.25) is 0 Å². The molecule has 6 nitrogen and oxygen atoms in total. The van der Waals surface area contributed by atoms with Crippen molar-refractivity contribution in [3.8, 4) is 0 Å². The van der Waals surface area contributed by atoms with Crippen LogP contribution >= 0.6 is 0 Å². The van der Waals surface area contributed by atoms with Crippen LogP contribution in [-0.4, -0.2) is 77.1 Å². The van der Waals surface area contributed by atoms with E-state index in [0.29, 0.717) is 6.42 Å². The van der Waals surface area contributed by atoms with Crippen molar-refractivity contribution in [1.82, 2.24) is 9.80 Å². The summed E-state index contributed by atoms with van der Waals surface area (Å²) in [5.74, 6) is -0.249. The lowest BCUT2D eigenvalue weighted by atomic mass is 9.78. The first-order valence-corrected chi connectivity index (χ1v) is 12.4.